The Labute approximate surface area is 167 Å². The summed E-state index contributed by atoms with van der Waals surface area (Å²) in [6.07, 6.45) is 1.63. The molecule has 0 fully saturated rings. The molecule has 144 valence electrons. The summed E-state index contributed by atoms with van der Waals surface area (Å²) in [4.78, 5) is 17.8. The number of hydrogen-bond donors (Lipinski definition) is 0. The van der Waals surface area contributed by atoms with Crippen molar-refractivity contribution in [2.24, 2.45) is 5.10 Å². The first-order chi connectivity index (χ1) is 14.2. The topological polar surface area (TPSA) is 65.7 Å². The highest BCUT2D eigenvalue weighted by atomic mass is 16.5. The molecule has 3 aromatic carbocycles. The van der Waals surface area contributed by atoms with E-state index in [4.69, 9.17) is 9.47 Å². The smallest absolute Gasteiger partial charge is 0.282 e. The molecule has 0 aliphatic carbocycles. The highest BCUT2D eigenvalue weighted by molar-refractivity contribution is 5.82. The first-order valence-corrected chi connectivity index (χ1v) is 9.04. The van der Waals surface area contributed by atoms with E-state index < -0.39 is 0 Å². The van der Waals surface area contributed by atoms with Gasteiger partial charge in [0.2, 0.25) is 0 Å². The summed E-state index contributed by atoms with van der Waals surface area (Å²) in [6.45, 7) is 0. The van der Waals surface area contributed by atoms with Crippen LogP contribution in [-0.4, -0.2) is 30.1 Å². The van der Waals surface area contributed by atoms with Crippen LogP contribution in [0.2, 0.25) is 0 Å². The second-order valence-corrected chi connectivity index (χ2v) is 6.32. The first-order valence-electron chi connectivity index (χ1n) is 9.04. The minimum atomic E-state index is -0.230. The molecule has 6 nitrogen and oxygen atoms in total. The van der Waals surface area contributed by atoms with Gasteiger partial charge in [0.1, 0.15) is 11.5 Å². The number of aromatic nitrogens is 2. The van der Waals surface area contributed by atoms with Crippen LogP contribution in [0, 0.1) is 0 Å². The van der Waals surface area contributed by atoms with Crippen LogP contribution in [0.25, 0.3) is 22.3 Å². The van der Waals surface area contributed by atoms with Crippen LogP contribution in [0.5, 0.6) is 11.5 Å². The number of para-hydroxylation sites is 1. The Kier molecular flexibility index (Phi) is 5.07. The summed E-state index contributed by atoms with van der Waals surface area (Å²) in [6, 6.07) is 22.0. The van der Waals surface area contributed by atoms with Crippen molar-refractivity contribution in [1.82, 2.24) is 9.66 Å². The maximum atomic E-state index is 13.1. The Morgan fingerprint density at radius 1 is 0.862 bits per heavy atom. The first kappa shape index (κ1) is 18.4. The monoisotopic (exact) mass is 385 g/mol. The zero-order chi connectivity index (χ0) is 20.2. The lowest BCUT2D eigenvalue weighted by atomic mass is 10.2. The van der Waals surface area contributed by atoms with E-state index in [0.29, 0.717) is 16.7 Å². The lowest BCUT2D eigenvalue weighted by molar-refractivity contribution is 0.414. The van der Waals surface area contributed by atoms with Gasteiger partial charge < -0.3 is 9.47 Å². The highest BCUT2D eigenvalue weighted by Crippen LogP contribution is 2.22. The van der Waals surface area contributed by atoms with Gasteiger partial charge in [-0.1, -0.05) is 12.1 Å². The second-order valence-electron chi connectivity index (χ2n) is 6.32. The molecule has 0 amide bonds. The van der Waals surface area contributed by atoms with Gasteiger partial charge in [-0.2, -0.15) is 9.78 Å². The van der Waals surface area contributed by atoms with E-state index in [1.807, 2.05) is 66.7 Å². The molecule has 0 unspecified atom stereocenters. The van der Waals surface area contributed by atoms with E-state index in [-0.39, 0.29) is 5.56 Å². The molecule has 29 heavy (non-hydrogen) atoms. The van der Waals surface area contributed by atoms with Gasteiger partial charge in [-0.25, -0.2) is 4.98 Å². The number of ether oxygens (including phenoxy) is 2. The zero-order valence-corrected chi connectivity index (χ0v) is 16.1. The van der Waals surface area contributed by atoms with Crippen LogP contribution in [0.3, 0.4) is 0 Å². The zero-order valence-electron chi connectivity index (χ0n) is 16.1. The molecule has 0 N–H and O–H groups in total. The van der Waals surface area contributed by atoms with Crippen molar-refractivity contribution in [3.63, 3.8) is 0 Å². The summed E-state index contributed by atoms with van der Waals surface area (Å²) < 4.78 is 11.7. The standard InChI is InChI=1S/C23H19N3O3/c1-28-18-11-7-16(8-12-18)15-24-26-22(17-9-13-19(29-2)14-10-17)25-21-6-4-3-5-20(21)23(26)27/h3-15H,1-2H3/b24-15+. The van der Waals surface area contributed by atoms with Crippen molar-refractivity contribution in [2.75, 3.05) is 14.2 Å². The number of benzene rings is 3. The molecule has 4 aromatic rings. The average molecular weight is 385 g/mol. The quantitative estimate of drug-likeness (QED) is 0.488. The van der Waals surface area contributed by atoms with Crippen LogP contribution in [0.4, 0.5) is 0 Å². The summed E-state index contributed by atoms with van der Waals surface area (Å²) in [5.41, 5.74) is 2.00. The van der Waals surface area contributed by atoms with Crippen molar-refractivity contribution in [3.8, 4) is 22.9 Å². The summed E-state index contributed by atoms with van der Waals surface area (Å²) in [5.74, 6) is 1.94. The third kappa shape index (κ3) is 3.73. The van der Waals surface area contributed by atoms with Crippen molar-refractivity contribution < 1.29 is 9.47 Å². The van der Waals surface area contributed by atoms with Gasteiger partial charge in [-0.15, -0.1) is 0 Å². The fraction of sp³-hybridized carbons (Fsp3) is 0.0870. The SMILES string of the molecule is COc1ccc(/C=N/n2c(-c3ccc(OC)cc3)nc3ccccc3c2=O)cc1. The molecule has 1 heterocycles. The molecule has 0 aliphatic rings. The van der Waals surface area contributed by atoms with E-state index in [1.54, 1.807) is 26.5 Å². The number of hydrogen-bond acceptors (Lipinski definition) is 5. The molecular weight excluding hydrogens is 366 g/mol. The Morgan fingerprint density at radius 3 is 2.14 bits per heavy atom. The predicted molar refractivity (Wildman–Crippen MR) is 114 cm³/mol. The average Bonchev–Trinajstić information content (AvgIpc) is 2.79. The fourth-order valence-corrected chi connectivity index (χ4v) is 2.97. The minimum Gasteiger partial charge on any atom is -0.497 e. The number of nitrogens with zero attached hydrogens (tertiary/aromatic N) is 3. The molecule has 0 bridgehead atoms. The van der Waals surface area contributed by atoms with Gasteiger partial charge in [0.25, 0.3) is 5.56 Å². The highest BCUT2D eigenvalue weighted by Gasteiger charge is 2.12. The van der Waals surface area contributed by atoms with Crippen LogP contribution >= 0.6 is 0 Å². The fourth-order valence-electron chi connectivity index (χ4n) is 2.97. The molecule has 1 aromatic heterocycles. The molecule has 4 rings (SSSR count). The van der Waals surface area contributed by atoms with E-state index in [9.17, 15) is 4.79 Å². The number of rotatable bonds is 5. The minimum absolute atomic E-state index is 0.230. The maximum Gasteiger partial charge on any atom is 0.282 e. The molecule has 0 aliphatic heterocycles. The second kappa shape index (κ2) is 7.98. The molecule has 0 radical (unpaired) electrons. The van der Waals surface area contributed by atoms with Gasteiger partial charge in [0, 0.05) is 5.56 Å². The summed E-state index contributed by atoms with van der Waals surface area (Å²) >= 11 is 0. The summed E-state index contributed by atoms with van der Waals surface area (Å²) in [7, 11) is 3.23. The predicted octanol–water partition coefficient (Wildman–Crippen LogP) is 3.96. The van der Waals surface area contributed by atoms with Gasteiger partial charge >= 0.3 is 0 Å². The third-order valence-electron chi connectivity index (χ3n) is 4.54. The molecule has 0 spiro atoms. The molecule has 0 saturated carbocycles. The van der Waals surface area contributed by atoms with Crippen LogP contribution in [0.1, 0.15) is 5.56 Å². The van der Waals surface area contributed by atoms with E-state index in [0.717, 1.165) is 22.6 Å². The molecular formula is C23H19N3O3. The third-order valence-corrected chi connectivity index (χ3v) is 4.54. The van der Waals surface area contributed by atoms with Crippen LogP contribution in [-0.2, 0) is 0 Å². The largest absolute Gasteiger partial charge is 0.497 e. The molecule has 6 heteroatoms. The van der Waals surface area contributed by atoms with Gasteiger partial charge in [-0.05, 0) is 66.2 Å². The summed E-state index contributed by atoms with van der Waals surface area (Å²) in [5, 5.41) is 4.96. The normalized spacial score (nSPS) is 11.1. The van der Waals surface area contributed by atoms with Gasteiger partial charge in [0.05, 0.1) is 31.3 Å². The van der Waals surface area contributed by atoms with Crippen LogP contribution < -0.4 is 15.0 Å². The Morgan fingerprint density at radius 2 is 1.48 bits per heavy atom. The van der Waals surface area contributed by atoms with Crippen molar-refractivity contribution in [2.45, 2.75) is 0 Å². The van der Waals surface area contributed by atoms with Crippen molar-refractivity contribution >= 4 is 17.1 Å². The number of methoxy groups -OCH3 is 2. The lowest BCUT2D eigenvalue weighted by Gasteiger charge is -2.10. The van der Waals surface area contributed by atoms with Gasteiger partial charge in [0.15, 0.2) is 5.82 Å². The Bertz CT molecular complexity index is 1230. The Balaban J connectivity index is 1.86. The van der Waals surface area contributed by atoms with Gasteiger partial charge in [-0.3, -0.25) is 4.79 Å². The maximum absolute atomic E-state index is 13.1. The van der Waals surface area contributed by atoms with Crippen molar-refractivity contribution in [1.29, 1.82) is 0 Å². The van der Waals surface area contributed by atoms with Crippen LogP contribution in [0.15, 0.2) is 82.7 Å². The van der Waals surface area contributed by atoms with E-state index in [1.165, 1.54) is 4.68 Å². The number of fused-ring (bicyclic) bond motifs is 1. The van der Waals surface area contributed by atoms with E-state index >= 15 is 0 Å². The molecule has 0 saturated heterocycles. The van der Waals surface area contributed by atoms with E-state index in [2.05, 4.69) is 10.1 Å². The Hall–Kier alpha value is -3.93. The lowest BCUT2D eigenvalue weighted by Crippen LogP contribution is -2.20. The molecule has 0 atom stereocenters. The van der Waals surface area contributed by atoms with Crippen molar-refractivity contribution in [3.05, 3.63) is 88.7 Å².